The van der Waals surface area contributed by atoms with Crippen LogP contribution < -0.4 is 0 Å². The maximum absolute atomic E-state index is 12.8. The molecule has 24 heavy (non-hydrogen) atoms. The lowest BCUT2D eigenvalue weighted by Gasteiger charge is -2.30. The van der Waals surface area contributed by atoms with Crippen LogP contribution in [0.4, 0.5) is 0 Å². The van der Waals surface area contributed by atoms with Gasteiger partial charge in [-0.3, -0.25) is 4.79 Å². The monoisotopic (exact) mass is 337 g/mol. The molecule has 1 N–H and O–H groups in total. The normalized spacial score (nSPS) is 15.3. The summed E-state index contributed by atoms with van der Waals surface area (Å²) in [6.45, 7) is 3.46. The lowest BCUT2D eigenvalue weighted by atomic mass is 10.00. The molecule has 122 valence electrons. The molecule has 1 aromatic heterocycles. The number of fused-ring (bicyclic) bond motifs is 2. The quantitative estimate of drug-likeness (QED) is 0.743. The van der Waals surface area contributed by atoms with E-state index in [4.69, 9.17) is 0 Å². The molecule has 0 aliphatic carbocycles. The summed E-state index contributed by atoms with van der Waals surface area (Å²) in [4.78, 5) is 22.6. The van der Waals surface area contributed by atoms with Crippen LogP contribution in [-0.2, 0) is 17.8 Å². The Labute approximate surface area is 145 Å². The number of hydrogen-bond donors (Lipinski definition) is 1. The molecule has 0 saturated heterocycles. The van der Waals surface area contributed by atoms with Crippen molar-refractivity contribution >= 4 is 28.7 Å². The summed E-state index contributed by atoms with van der Waals surface area (Å²) in [6.07, 6.45) is 0.934. The number of carbonyl (C=O) groups excluding carboxylic acids is 1. The van der Waals surface area contributed by atoms with Crippen molar-refractivity contribution in [3.05, 3.63) is 59.7 Å². The molecule has 2 heterocycles. The predicted molar refractivity (Wildman–Crippen MR) is 97.0 cm³/mol. The van der Waals surface area contributed by atoms with Crippen molar-refractivity contribution in [2.45, 2.75) is 30.3 Å². The first-order chi connectivity index (χ1) is 11.7. The van der Waals surface area contributed by atoms with E-state index in [1.165, 1.54) is 22.9 Å². The summed E-state index contributed by atoms with van der Waals surface area (Å²) in [5, 5.41) is 0.644. The Morgan fingerprint density at radius 2 is 1.92 bits per heavy atom. The fraction of sp³-hybridized carbons (Fsp3) is 0.263. The molecule has 1 aliphatic rings. The van der Waals surface area contributed by atoms with E-state index in [0.717, 1.165) is 29.2 Å². The molecular formula is C19H19N3OS. The largest absolute Gasteiger partial charge is 0.337 e. The highest BCUT2D eigenvalue weighted by molar-refractivity contribution is 8.00. The van der Waals surface area contributed by atoms with Crippen LogP contribution in [0.15, 0.2) is 53.7 Å². The predicted octanol–water partition coefficient (Wildman–Crippen LogP) is 3.63. The van der Waals surface area contributed by atoms with Crippen molar-refractivity contribution in [2.24, 2.45) is 0 Å². The standard InChI is InChI=1S/C19H19N3OS/c1-13(24-19-20-16-8-4-5-9-17(16)21-19)18(23)22-11-10-14-6-2-3-7-15(14)12-22/h2-9,13H,10-12H2,1H3,(H,20,21)/t13-/m0/s1. The highest BCUT2D eigenvalue weighted by Gasteiger charge is 2.25. The zero-order chi connectivity index (χ0) is 16.5. The lowest BCUT2D eigenvalue weighted by Crippen LogP contribution is -2.40. The van der Waals surface area contributed by atoms with E-state index < -0.39 is 0 Å². The number of imidazole rings is 1. The van der Waals surface area contributed by atoms with E-state index in [9.17, 15) is 4.79 Å². The first kappa shape index (κ1) is 15.3. The van der Waals surface area contributed by atoms with Crippen molar-refractivity contribution in [2.75, 3.05) is 6.54 Å². The van der Waals surface area contributed by atoms with Gasteiger partial charge in [0, 0.05) is 13.1 Å². The topological polar surface area (TPSA) is 49.0 Å². The van der Waals surface area contributed by atoms with E-state index in [0.29, 0.717) is 6.54 Å². The molecule has 0 bridgehead atoms. The molecule has 4 nitrogen and oxygen atoms in total. The third-order valence-corrected chi connectivity index (χ3v) is 5.42. The average Bonchev–Trinajstić information content (AvgIpc) is 3.02. The van der Waals surface area contributed by atoms with E-state index in [1.54, 1.807) is 0 Å². The minimum absolute atomic E-state index is 0.157. The molecular weight excluding hydrogens is 318 g/mol. The second kappa shape index (κ2) is 6.32. The van der Waals surface area contributed by atoms with Gasteiger partial charge in [-0.05, 0) is 36.6 Å². The molecule has 1 atom stereocenters. The first-order valence-electron chi connectivity index (χ1n) is 8.18. The maximum atomic E-state index is 12.8. The third-order valence-electron chi connectivity index (χ3n) is 4.45. The highest BCUT2D eigenvalue weighted by atomic mass is 32.2. The summed E-state index contributed by atoms with van der Waals surface area (Å²) >= 11 is 1.49. The van der Waals surface area contributed by atoms with Gasteiger partial charge in [0.15, 0.2) is 5.16 Å². The van der Waals surface area contributed by atoms with Gasteiger partial charge in [-0.25, -0.2) is 4.98 Å². The van der Waals surface area contributed by atoms with Crippen molar-refractivity contribution in [1.82, 2.24) is 14.9 Å². The minimum atomic E-state index is -0.157. The van der Waals surface area contributed by atoms with Crippen LogP contribution in [0.25, 0.3) is 11.0 Å². The molecule has 0 radical (unpaired) electrons. The van der Waals surface area contributed by atoms with Crippen LogP contribution in [0.2, 0.25) is 0 Å². The summed E-state index contributed by atoms with van der Waals surface area (Å²) < 4.78 is 0. The number of aromatic nitrogens is 2. The number of hydrogen-bond acceptors (Lipinski definition) is 3. The van der Waals surface area contributed by atoms with E-state index in [2.05, 4.69) is 28.2 Å². The number of aromatic amines is 1. The van der Waals surface area contributed by atoms with E-state index >= 15 is 0 Å². The van der Waals surface area contributed by atoms with Gasteiger partial charge < -0.3 is 9.88 Å². The smallest absolute Gasteiger partial charge is 0.236 e. The molecule has 0 unspecified atom stereocenters. The Morgan fingerprint density at radius 1 is 1.17 bits per heavy atom. The van der Waals surface area contributed by atoms with Crippen LogP contribution in [0.3, 0.4) is 0 Å². The van der Waals surface area contributed by atoms with Gasteiger partial charge in [0.1, 0.15) is 0 Å². The van der Waals surface area contributed by atoms with Gasteiger partial charge in [0.2, 0.25) is 5.91 Å². The number of para-hydroxylation sites is 2. The summed E-state index contributed by atoms with van der Waals surface area (Å²) in [7, 11) is 0. The second-order valence-electron chi connectivity index (χ2n) is 6.10. The minimum Gasteiger partial charge on any atom is -0.337 e. The fourth-order valence-corrected chi connectivity index (χ4v) is 4.05. The molecule has 0 fully saturated rings. The number of nitrogens with one attached hydrogen (secondary N) is 1. The Bertz CT molecular complexity index is 856. The van der Waals surface area contributed by atoms with Gasteiger partial charge in [0.05, 0.1) is 16.3 Å². The number of carbonyl (C=O) groups is 1. The van der Waals surface area contributed by atoms with Gasteiger partial charge in [-0.2, -0.15) is 0 Å². The number of benzene rings is 2. The number of nitrogens with zero attached hydrogens (tertiary/aromatic N) is 2. The Morgan fingerprint density at radius 3 is 2.75 bits per heavy atom. The lowest BCUT2D eigenvalue weighted by molar-refractivity contribution is -0.131. The Kier molecular flexibility index (Phi) is 4.02. The summed E-state index contributed by atoms with van der Waals surface area (Å²) in [6, 6.07) is 16.3. The molecule has 4 rings (SSSR count). The second-order valence-corrected chi connectivity index (χ2v) is 7.43. The maximum Gasteiger partial charge on any atom is 0.236 e. The number of amides is 1. The molecule has 1 amide bonds. The van der Waals surface area contributed by atoms with Gasteiger partial charge in [-0.1, -0.05) is 48.2 Å². The van der Waals surface area contributed by atoms with E-state index in [-0.39, 0.29) is 11.2 Å². The van der Waals surface area contributed by atoms with Gasteiger partial charge >= 0.3 is 0 Å². The molecule has 0 saturated carbocycles. The highest BCUT2D eigenvalue weighted by Crippen LogP contribution is 2.26. The molecule has 3 aromatic rings. The fourth-order valence-electron chi connectivity index (χ4n) is 3.14. The van der Waals surface area contributed by atoms with Crippen LogP contribution in [0, 0.1) is 0 Å². The van der Waals surface area contributed by atoms with E-state index in [1.807, 2.05) is 42.2 Å². The van der Waals surface area contributed by atoms with Crippen molar-refractivity contribution in [1.29, 1.82) is 0 Å². The summed E-state index contributed by atoms with van der Waals surface area (Å²) in [5.74, 6) is 0.176. The average molecular weight is 337 g/mol. The van der Waals surface area contributed by atoms with Crippen LogP contribution >= 0.6 is 11.8 Å². The third kappa shape index (κ3) is 2.91. The van der Waals surface area contributed by atoms with Crippen molar-refractivity contribution in [3.63, 3.8) is 0 Å². The molecule has 5 heteroatoms. The van der Waals surface area contributed by atoms with Gasteiger partial charge in [-0.15, -0.1) is 0 Å². The Hall–Kier alpha value is -2.27. The summed E-state index contributed by atoms with van der Waals surface area (Å²) in [5.41, 5.74) is 4.57. The molecule has 1 aliphatic heterocycles. The van der Waals surface area contributed by atoms with Crippen molar-refractivity contribution in [3.8, 4) is 0 Å². The zero-order valence-electron chi connectivity index (χ0n) is 13.5. The Balaban J connectivity index is 1.46. The van der Waals surface area contributed by atoms with Crippen LogP contribution in [0.5, 0.6) is 0 Å². The number of H-pyrrole nitrogens is 1. The number of rotatable bonds is 3. The van der Waals surface area contributed by atoms with Crippen molar-refractivity contribution < 1.29 is 4.79 Å². The zero-order valence-corrected chi connectivity index (χ0v) is 14.3. The first-order valence-corrected chi connectivity index (χ1v) is 9.05. The molecule has 2 aromatic carbocycles. The molecule has 0 spiro atoms. The SMILES string of the molecule is C[C@H](Sc1nc2ccccc2[nH]1)C(=O)N1CCc2ccccc2C1. The number of thioether (sulfide) groups is 1. The van der Waals surface area contributed by atoms with Gasteiger partial charge in [0.25, 0.3) is 0 Å². The van der Waals surface area contributed by atoms with Crippen LogP contribution in [-0.4, -0.2) is 32.6 Å². The van der Waals surface area contributed by atoms with Crippen LogP contribution in [0.1, 0.15) is 18.1 Å².